The maximum absolute atomic E-state index is 12.7. The lowest BCUT2D eigenvalue weighted by atomic mass is 10.0. The van der Waals surface area contributed by atoms with Gasteiger partial charge >= 0.3 is 0 Å². The van der Waals surface area contributed by atoms with E-state index < -0.39 is 9.84 Å². The Kier molecular flexibility index (Phi) is 9.14. The normalized spacial score (nSPS) is 12.3. The molecule has 0 aliphatic carbocycles. The second kappa shape index (κ2) is 10.6. The first-order valence-corrected chi connectivity index (χ1v) is 10.7. The van der Waals surface area contributed by atoms with Gasteiger partial charge in [-0.15, -0.1) is 12.4 Å². The Bertz CT molecular complexity index is 870. The van der Waals surface area contributed by atoms with Crippen molar-refractivity contribution in [1.82, 2.24) is 4.90 Å². The van der Waals surface area contributed by atoms with Crippen LogP contribution in [0.15, 0.2) is 59.5 Å². The van der Waals surface area contributed by atoms with Gasteiger partial charge in [0, 0.05) is 25.2 Å². The Balaban J connectivity index is 0.00000392. The number of nitrogens with zero attached hydrogens (tertiary/aromatic N) is 1. The van der Waals surface area contributed by atoms with Gasteiger partial charge in [0.05, 0.1) is 10.6 Å². The number of rotatable bonds is 8. The Morgan fingerprint density at radius 3 is 2.32 bits per heavy atom. The molecule has 0 saturated carbocycles. The molecule has 0 fully saturated rings. The Morgan fingerprint density at radius 2 is 1.71 bits per heavy atom. The van der Waals surface area contributed by atoms with Gasteiger partial charge in [-0.25, -0.2) is 8.42 Å². The third kappa shape index (κ3) is 6.62. The molecule has 2 rings (SSSR count). The smallest absolute Gasteiger partial charge is 0.253 e. The average Bonchev–Trinajstić information content (AvgIpc) is 2.65. The molecule has 0 aliphatic rings. The molecule has 1 amide bonds. The SMILES string of the molecule is CC(C)C(N)CCN(C)C(=O)c1cccc(S(=O)(=O)Cc2ccccc2)c1.Cl. The van der Waals surface area contributed by atoms with Crippen LogP contribution in [0.5, 0.6) is 0 Å². The molecule has 2 aromatic carbocycles. The van der Waals surface area contributed by atoms with Crippen LogP contribution in [0.2, 0.25) is 0 Å². The minimum Gasteiger partial charge on any atom is -0.342 e. The number of carbonyl (C=O) groups excluding carboxylic acids is 1. The van der Waals surface area contributed by atoms with Crippen molar-refractivity contribution in [2.75, 3.05) is 13.6 Å². The molecular weight excluding hydrogens is 396 g/mol. The lowest BCUT2D eigenvalue weighted by molar-refractivity contribution is 0.0789. The van der Waals surface area contributed by atoms with E-state index in [-0.39, 0.29) is 35.0 Å². The van der Waals surface area contributed by atoms with Crippen LogP contribution in [-0.4, -0.2) is 38.9 Å². The minimum absolute atomic E-state index is 0. The van der Waals surface area contributed by atoms with E-state index in [1.54, 1.807) is 36.2 Å². The lowest BCUT2D eigenvalue weighted by Crippen LogP contribution is -2.34. The monoisotopic (exact) mass is 424 g/mol. The molecule has 0 aromatic heterocycles. The summed E-state index contributed by atoms with van der Waals surface area (Å²) in [5.74, 6) is 0.0487. The van der Waals surface area contributed by atoms with Crippen LogP contribution in [0.1, 0.15) is 36.2 Å². The highest BCUT2D eigenvalue weighted by Gasteiger charge is 2.19. The van der Waals surface area contributed by atoms with Crippen LogP contribution in [0.4, 0.5) is 0 Å². The summed E-state index contributed by atoms with van der Waals surface area (Å²) in [6.45, 7) is 4.63. The molecule has 0 saturated heterocycles. The molecule has 1 unspecified atom stereocenters. The topological polar surface area (TPSA) is 80.5 Å². The number of carbonyl (C=O) groups is 1. The average molecular weight is 425 g/mol. The largest absolute Gasteiger partial charge is 0.342 e. The quantitative estimate of drug-likeness (QED) is 0.702. The number of amides is 1. The van der Waals surface area contributed by atoms with Crippen LogP contribution in [-0.2, 0) is 15.6 Å². The number of nitrogens with two attached hydrogens (primary N) is 1. The Labute approximate surface area is 174 Å². The number of hydrogen-bond acceptors (Lipinski definition) is 4. The van der Waals surface area contributed by atoms with Crippen molar-refractivity contribution in [2.24, 2.45) is 11.7 Å². The van der Waals surface area contributed by atoms with E-state index in [2.05, 4.69) is 0 Å². The van der Waals surface area contributed by atoms with Gasteiger partial charge in [0.25, 0.3) is 5.91 Å². The standard InChI is InChI=1S/C21H28N2O3S.ClH/c1-16(2)20(22)12-13-23(3)21(24)18-10-7-11-19(14-18)27(25,26)15-17-8-5-4-6-9-17;/h4-11,14,16,20H,12-13,15,22H2,1-3H3;1H. The molecule has 154 valence electrons. The zero-order valence-corrected chi connectivity index (χ0v) is 18.2. The maximum atomic E-state index is 12.7. The zero-order chi connectivity index (χ0) is 20.0. The minimum atomic E-state index is -3.52. The summed E-state index contributed by atoms with van der Waals surface area (Å²) in [5.41, 5.74) is 7.12. The number of hydrogen-bond donors (Lipinski definition) is 1. The number of sulfone groups is 1. The van der Waals surface area contributed by atoms with Gasteiger partial charge in [-0.1, -0.05) is 50.2 Å². The van der Waals surface area contributed by atoms with Gasteiger partial charge in [0.2, 0.25) is 0 Å². The summed E-state index contributed by atoms with van der Waals surface area (Å²) < 4.78 is 25.4. The number of benzene rings is 2. The predicted molar refractivity (Wildman–Crippen MR) is 115 cm³/mol. The van der Waals surface area contributed by atoms with Gasteiger partial charge in [-0.05, 0) is 36.1 Å². The van der Waals surface area contributed by atoms with E-state index in [9.17, 15) is 13.2 Å². The summed E-state index contributed by atoms with van der Waals surface area (Å²) in [4.78, 5) is 14.4. The van der Waals surface area contributed by atoms with Gasteiger partial charge in [-0.2, -0.15) is 0 Å². The highest BCUT2D eigenvalue weighted by molar-refractivity contribution is 7.90. The molecule has 0 spiro atoms. The second-order valence-electron chi connectivity index (χ2n) is 7.20. The van der Waals surface area contributed by atoms with Crippen molar-refractivity contribution >= 4 is 28.2 Å². The second-order valence-corrected chi connectivity index (χ2v) is 9.19. The summed E-state index contributed by atoms with van der Waals surface area (Å²) in [6, 6.07) is 15.3. The molecule has 2 N–H and O–H groups in total. The molecular formula is C21H29ClN2O3S. The molecule has 7 heteroatoms. The fourth-order valence-corrected chi connectivity index (χ4v) is 4.09. The molecule has 5 nitrogen and oxygen atoms in total. The van der Waals surface area contributed by atoms with Crippen molar-refractivity contribution in [2.45, 2.75) is 37.0 Å². The third-order valence-corrected chi connectivity index (χ3v) is 6.33. The highest BCUT2D eigenvalue weighted by atomic mass is 35.5. The predicted octanol–water partition coefficient (Wildman–Crippen LogP) is 3.53. The highest BCUT2D eigenvalue weighted by Crippen LogP contribution is 2.19. The maximum Gasteiger partial charge on any atom is 0.253 e. The van der Waals surface area contributed by atoms with Crippen molar-refractivity contribution in [3.05, 3.63) is 65.7 Å². The summed E-state index contributed by atoms with van der Waals surface area (Å²) in [7, 11) is -1.81. The Morgan fingerprint density at radius 1 is 1.07 bits per heavy atom. The van der Waals surface area contributed by atoms with Gasteiger partial charge in [0.1, 0.15) is 0 Å². The Hall–Kier alpha value is -1.89. The lowest BCUT2D eigenvalue weighted by Gasteiger charge is -2.21. The zero-order valence-electron chi connectivity index (χ0n) is 16.5. The van der Waals surface area contributed by atoms with Gasteiger partial charge in [0.15, 0.2) is 9.84 Å². The molecule has 0 radical (unpaired) electrons. The van der Waals surface area contributed by atoms with E-state index in [4.69, 9.17) is 5.73 Å². The molecule has 1 atom stereocenters. The molecule has 2 aromatic rings. The van der Waals surface area contributed by atoms with E-state index in [1.807, 2.05) is 32.0 Å². The van der Waals surface area contributed by atoms with E-state index in [1.165, 1.54) is 12.1 Å². The first kappa shape index (κ1) is 24.1. The summed E-state index contributed by atoms with van der Waals surface area (Å²) in [5, 5.41) is 0. The van der Waals surface area contributed by atoms with Crippen LogP contribution in [0, 0.1) is 5.92 Å². The van der Waals surface area contributed by atoms with E-state index >= 15 is 0 Å². The van der Waals surface area contributed by atoms with Gasteiger partial charge in [-0.3, -0.25) is 4.79 Å². The van der Waals surface area contributed by atoms with Gasteiger partial charge < -0.3 is 10.6 Å². The summed E-state index contributed by atoms with van der Waals surface area (Å²) >= 11 is 0. The van der Waals surface area contributed by atoms with Crippen LogP contribution in [0.25, 0.3) is 0 Å². The first-order chi connectivity index (χ1) is 12.7. The molecule has 0 aliphatic heterocycles. The number of halogens is 1. The van der Waals surface area contributed by atoms with Crippen LogP contribution in [0.3, 0.4) is 0 Å². The molecule has 28 heavy (non-hydrogen) atoms. The van der Waals surface area contributed by atoms with Crippen molar-refractivity contribution < 1.29 is 13.2 Å². The fraction of sp³-hybridized carbons (Fsp3) is 0.381. The van der Waals surface area contributed by atoms with Crippen LogP contribution < -0.4 is 5.73 Å². The third-order valence-electron chi connectivity index (χ3n) is 4.64. The molecule has 0 heterocycles. The first-order valence-electron chi connectivity index (χ1n) is 9.08. The van der Waals surface area contributed by atoms with Crippen LogP contribution >= 0.6 is 12.4 Å². The summed E-state index contributed by atoms with van der Waals surface area (Å²) in [6.07, 6.45) is 0.700. The van der Waals surface area contributed by atoms with E-state index in [0.717, 1.165) is 0 Å². The van der Waals surface area contributed by atoms with Crippen molar-refractivity contribution in [3.63, 3.8) is 0 Å². The van der Waals surface area contributed by atoms with Crippen molar-refractivity contribution in [1.29, 1.82) is 0 Å². The van der Waals surface area contributed by atoms with E-state index in [0.29, 0.717) is 30.0 Å². The van der Waals surface area contributed by atoms with Crippen molar-refractivity contribution in [3.8, 4) is 0 Å². The fourth-order valence-electron chi connectivity index (χ4n) is 2.70. The molecule has 0 bridgehead atoms.